The first-order valence-electron chi connectivity index (χ1n) is 8.04. The second kappa shape index (κ2) is 6.19. The fraction of sp³-hybridized carbons (Fsp3) is 0.611. The van der Waals surface area contributed by atoms with Gasteiger partial charge in [-0.1, -0.05) is 12.1 Å². The van der Waals surface area contributed by atoms with E-state index in [0.717, 1.165) is 18.5 Å². The molecule has 1 aromatic rings. The largest absolute Gasteiger partial charge is 0.444 e. The number of amides is 1. The van der Waals surface area contributed by atoms with Crippen LogP contribution in [0.5, 0.6) is 0 Å². The molecular formula is C18H28N2O2. The summed E-state index contributed by atoms with van der Waals surface area (Å²) in [5, 5.41) is 0. The molecule has 1 aromatic carbocycles. The molecule has 2 atom stereocenters. The molecule has 0 aromatic heterocycles. The van der Waals surface area contributed by atoms with Crippen LogP contribution in [0.2, 0.25) is 0 Å². The van der Waals surface area contributed by atoms with Crippen LogP contribution in [0, 0.1) is 0 Å². The molecule has 0 aliphatic carbocycles. The molecule has 1 amide bonds. The number of carbonyl (C=O) groups excluding carboxylic acids is 1. The van der Waals surface area contributed by atoms with E-state index >= 15 is 0 Å². The molecule has 0 saturated carbocycles. The predicted octanol–water partition coefficient (Wildman–Crippen LogP) is 4.16. The van der Waals surface area contributed by atoms with Crippen LogP contribution in [0.4, 0.5) is 10.5 Å². The lowest BCUT2D eigenvalue weighted by molar-refractivity contribution is -0.00254. The van der Waals surface area contributed by atoms with Crippen molar-refractivity contribution in [1.29, 1.82) is 0 Å². The van der Waals surface area contributed by atoms with Crippen LogP contribution >= 0.6 is 0 Å². The Kier molecular flexibility index (Phi) is 4.69. The predicted molar refractivity (Wildman–Crippen MR) is 89.8 cm³/mol. The highest BCUT2D eigenvalue weighted by atomic mass is 16.6. The summed E-state index contributed by atoms with van der Waals surface area (Å²) in [6.07, 6.45) is 1.70. The van der Waals surface area contributed by atoms with E-state index in [1.807, 2.05) is 37.8 Å². The Morgan fingerprint density at radius 1 is 1.14 bits per heavy atom. The Morgan fingerprint density at radius 3 is 2.09 bits per heavy atom. The van der Waals surface area contributed by atoms with Gasteiger partial charge in [0, 0.05) is 17.8 Å². The van der Waals surface area contributed by atoms with Crippen molar-refractivity contribution in [2.24, 2.45) is 0 Å². The summed E-state index contributed by atoms with van der Waals surface area (Å²) in [6, 6.07) is 8.43. The van der Waals surface area contributed by atoms with Gasteiger partial charge in [0.1, 0.15) is 5.60 Å². The van der Waals surface area contributed by atoms with Crippen LogP contribution in [0.25, 0.3) is 0 Å². The zero-order chi connectivity index (χ0) is 16.5. The van der Waals surface area contributed by atoms with Crippen LogP contribution in [0.1, 0.15) is 58.9 Å². The Labute approximate surface area is 133 Å². The number of likely N-dealkylation sites (tertiary alicyclic amines) is 1. The smallest absolute Gasteiger partial charge is 0.410 e. The highest BCUT2D eigenvalue weighted by Gasteiger charge is 2.36. The van der Waals surface area contributed by atoms with Gasteiger partial charge in [-0.05, 0) is 71.1 Å². The van der Waals surface area contributed by atoms with Crippen LogP contribution in [0.15, 0.2) is 24.3 Å². The fourth-order valence-corrected chi connectivity index (χ4v) is 3.30. The second-order valence-corrected chi connectivity index (χ2v) is 7.42. The number of benzene rings is 1. The zero-order valence-electron chi connectivity index (χ0n) is 14.3. The summed E-state index contributed by atoms with van der Waals surface area (Å²) >= 11 is 0. The lowest BCUT2D eigenvalue weighted by Gasteiger charge is -2.43. The third-order valence-corrected chi connectivity index (χ3v) is 4.21. The van der Waals surface area contributed by atoms with Crippen LogP contribution < -0.4 is 5.73 Å². The highest BCUT2D eigenvalue weighted by Crippen LogP contribution is 2.36. The second-order valence-electron chi connectivity index (χ2n) is 7.42. The molecule has 22 heavy (non-hydrogen) atoms. The number of nitrogens with zero attached hydrogens (tertiary/aromatic N) is 1. The van der Waals surface area contributed by atoms with E-state index in [1.54, 1.807) is 0 Å². The van der Waals surface area contributed by atoms with Crippen molar-refractivity contribution in [3.05, 3.63) is 29.8 Å². The van der Waals surface area contributed by atoms with E-state index in [-0.39, 0.29) is 18.2 Å². The molecule has 0 spiro atoms. The van der Waals surface area contributed by atoms with E-state index in [9.17, 15) is 4.79 Å². The number of piperidine rings is 1. The Hall–Kier alpha value is -1.71. The Bertz CT molecular complexity index is 507. The molecule has 4 heteroatoms. The van der Waals surface area contributed by atoms with Gasteiger partial charge in [-0.3, -0.25) is 0 Å². The number of hydrogen-bond acceptors (Lipinski definition) is 3. The summed E-state index contributed by atoms with van der Waals surface area (Å²) in [5.41, 5.74) is 7.40. The molecular weight excluding hydrogens is 276 g/mol. The number of anilines is 1. The summed E-state index contributed by atoms with van der Waals surface area (Å²) in [5.74, 6) is 0.462. The number of ether oxygens (including phenoxy) is 1. The standard InChI is InChI=1S/C18H28N2O2/c1-12-10-15(14-6-8-16(19)9-7-14)11-13(2)20(12)17(21)22-18(3,4)5/h6-9,12-13,15H,10-11,19H2,1-5H3/t12-,13-/m0/s1. The minimum atomic E-state index is -0.454. The van der Waals surface area contributed by atoms with Gasteiger partial charge in [0.2, 0.25) is 0 Å². The van der Waals surface area contributed by atoms with Gasteiger partial charge in [0.25, 0.3) is 0 Å². The molecule has 1 aliphatic rings. The molecule has 4 nitrogen and oxygen atoms in total. The summed E-state index contributed by atoms with van der Waals surface area (Å²) in [7, 11) is 0. The molecule has 122 valence electrons. The first-order chi connectivity index (χ1) is 10.2. The zero-order valence-corrected chi connectivity index (χ0v) is 14.3. The van der Waals surface area contributed by atoms with Crippen molar-refractivity contribution in [2.75, 3.05) is 5.73 Å². The van der Waals surface area contributed by atoms with Gasteiger partial charge in [0.15, 0.2) is 0 Å². The van der Waals surface area contributed by atoms with Crippen LogP contribution in [-0.2, 0) is 4.74 Å². The summed E-state index contributed by atoms with van der Waals surface area (Å²) in [6.45, 7) is 9.91. The topological polar surface area (TPSA) is 55.6 Å². The maximum absolute atomic E-state index is 12.4. The number of nitrogens with two attached hydrogens (primary N) is 1. The lowest BCUT2D eigenvalue weighted by Crippen LogP contribution is -2.51. The van der Waals surface area contributed by atoms with Crippen LogP contribution in [0.3, 0.4) is 0 Å². The SMILES string of the molecule is C[C@H]1CC(c2ccc(N)cc2)C[C@H](C)N1C(=O)OC(C)(C)C. The van der Waals surface area contributed by atoms with Crippen molar-refractivity contribution in [2.45, 2.75) is 71.1 Å². The number of hydrogen-bond donors (Lipinski definition) is 1. The van der Waals surface area contributed by atoms with E-state index in [4.69, 9.17) is 10.5 Å². The van der Waals surface area contributed by atoms with Crippen LogP contribution in [-0.4, -0.2) is 28.7 Å². The fourth-order valence-electron chi connectivity index (χ4n) is 3.30. The molecule has 2 rings (SSSR count). The molecule has 2 N–H and O–H groups in total. The van der Waals surface area contributed by atoms with Crippen molar-refractivity contribution >= 4 is 11.8 Å². The third-order valence-electron chi connectivity index (χ3n) is 4.21. The molecule has 1 fully saturated rings. The van der Waals surface area contributed by atoms with Crippen molar-refractivity contribution in [3.63, 3.8) is 0 Å². The molecule has 0 radical (unpaired) electrons. The number of carbonyl (C=O) groups is 1. The van der Waals surface area contributed by atoms with Crippen molar-refractivity contribution < 1.29 is 9.53 Å². The normalized spacial score (nSPS) is 25.9. The van der Waals surface area contributed by atoms with Gasteiger partial charge in [-0.25, -0.2) is 4.79 Å². The van der Waals surface area contributed by atoms with Gasteiger partial charge < -0.3 is 15.4 Å². The van der Waals surface area contributed by atoms with Gasteiger partial charge >= 0.3 is 6.09 Å². The molecule has 1 aliphatic heterocycles. The summed E-state index contributed by atoms with van der Waals surface area (Å²) < 4.78 is 5.55. The third kappa shape index (κ3) is 3.93. The Balaban J connectivity index is 2.08. The van der Waals surface area contributed by atoms with Gasteiger partial charge in [0.05, 0.1) is 0 Å². The number of rotatable bonds is 1. The molecule has 1 heterocycles. The maximum Gasteiger partial charge on any atom is 0.410 e. The Morgan fingerprint density at radius 2 is 1.64 bits per heavy atom. The van der Waals surface area contributed by atoms with Crippen molar-refractivity contribution in [3.8, 4) is 0 Å². The quantitative estimate of drug-likeness (QED) is 0.793. The van der Waals surface area contributed by atoms with E-state index in [2.05, 4.69) is 26.0 Å². The first kappa shape index (κ1) is 16.7. The van der Waals surface area contributed by atoms with E-state index in [1.165, 1.54) is 5.56 Å². The monoisotopic (exact) mass is 304 g/mol. The van der Waals surface area contributed by atoms with Gasteiger partial charge in [-0.2, -0.15) is 0 Å². The molecule has 1 saturated heterocycles. The van der Waals surface area contributed by atoms with Gasteiger partial charge in [-0.15, -0.1) is 0 Å². The average Bonchev–Trinajstić information content (AvgIpc) is 2.36. The lowest BCUT2D eigenvalue weighted by atomic mass is 9.82. The summed E-state index contributed by atoms with van der Waals surface area (Å²) in [4.78, 5) is 14.3. The van der Waals surface area contributed by atoms with E-state index < -0.39 is 5.60 Å². The minimum Gasteiger partial charge on any atom is -0.444 e. The van der Waals surface area contributed by atoms with Crippen molar-refractivity contribution in [1.82, 2.24) is 4.90 Å². The van der Waals surface area contributed by atoms with E-state index in [0.29, 0.717) is 5.92 Å². The number of nitrogen functional groups attached to an aromatic ring is 1. The minimum absolute atomic E-state index is 0.168. The maximum atomic E-state index is 12.4. The first-order valence-corrected chi connectivity index (χ1v) is 8.04. The molecule has 0 unspecified atom stereocenters. The highest BCUT2D eigenvalue weighted by molar-refractivity contribution is 5.69. The molecule has 0 bridgehead atoms. The average molecular weight is 304 g/mol.